The molecule has 1 aliphatic heterocycles. The molecule has 3 heterocycles. The number of aromatic nitrogens is 3. The summed E-state index contributed by atoms with van der Waals surface area (Å²) in [6, 6.07) is 16.1. The van der Waals surface area contributed by atoms with Crippen molar-refractivity contribution in [2.24, 2.45) is 0 Å². The molecule has 34 heavy (non-hydrogen) atoms. The topological polar surface area (TPSA) is 92.6 Å². The van der Waals surface area contributed by atoms with E-state index in [2.05, 4.69) is 44.3 Å². The van der Waals surface area contributed by atoms with Crippen molar-refractivity contribution in [2.45, 2.75) is 4.90 Å². The molecule has 1 saturated heterocycles. The molecule has 0 spiro atoms. The lowest BCUT2D eigenvalue weighted by atomic mass is 10.2. The fourth-order valence-corrected chi connectivity index (χ4v) is 5.26. The number of ether oxygens (including phenoxy) is 1. The normalized spacial score (nSPS) is 14.9. The highest BCUT2D eigenvalue weighted by Gasteiger charge is 2.20. The van der Waals surface area contributed by atoms with Crippen molar-refractivity contribution in [3.05, 3.63) is 67.0 Å². The van der Waals surface area contributed by atoms with Crippen molar-refractivity contribution in [3.63, 3.8) is 0 Å². The van der Waals surface area contributed by atoms with Crippen LogP contribution >= 0.6 is 0 Å². The van der Waals surface area contributed by atoms with Crippen LogP contribution in [0.15, 0.2) is 71.9 Å². The van der Waals surface area contributed by atoms with Crippen molar-refractivity contribution in [2.75, 3.05) is 50.6 Å². The van der Waals surface area contributed by atoms with E-state index < -0.39 is 10.0 Å². The van der Waals surface area contributed by atoms with Crippen molar-refractivity contribution >= 4 is 38.4 Å². The minimum absolute atomic E-state index is 0.151. The number of hydrogen-bond donors (Lipinski definition) is 1. The van der Waals surface area contributed by atoms with Gasteiger partial charge < -0.3 is 19.9 Å². The van der Waals surface area contributed by atoms with Gasteiger partial charge >= 0.3 is 0 Å². The number of fused-ring (bicyclic) bond motifs is 1. The Kier molecular flexibility index (Phi) is 5.84. The number of methoxy groups -OCH3 is 1. The highest BCUT2D eigenvalue weighted by Crippen LogP contribution is 2.25. The summed E-state index contributed by atoms with van der Waals surface area (Å²) in [5.74, 6) is 0.911. The molecule has 1 fully saturated rings. The molecule has 0 atom stereocenters. The van der Waals surface area contributed by atoms with Gasteiger partial charge in [0.15, 0.2) is 5.65 Å². The number of nitrogens with one attached hydrogen (secondary N) is 1. The monoisotopic (exact) mass is 478 g/mol. The van der Waals surface area contributed by atoms with E-state index in [0.29, 0.717) is 22.7 Å². The molecule has 1 N–H and O–H groups in total. The van der Waals surface area contributed by atoms with Gasteiger partial charge in [-0.05, 0) is 61.6 Å². The molecule has 0 unspecified atom stereocenters. The van der Waals surface area contributed by atoms with E-state index in [0.717, 1.165) is 31.9 Å². The van der Waals surface area contributed by atoms with E-state index >= 15 is 0 Å². The van der Waals surface area contributed by atoms with E-state index in [4.69, 9.17) is 4.74 Å². The van der Waals surface area contributed by atoms with Crippen LogP contribution in [0.2, 0.25) is 0 Å². The Labute approximate surface area is 198 Å². The number of rotatable bonds is 6. The second-order valence-electron chi connectivity index (χ2n) is 8.23. The van der Waals surface area contributed by atoms with Gasteiger partial charge in [0.05, 0.1) is 12.0 Å². The number of anilines is 3. The smallest absolute Gasteiger partial charge is 0.269 e. The largest absolute Gasteiger partial charge is 0.497 e. The van der Waals surface area contributed by atoms with Gasteiger partial charge in [-0.15, -0.1) is 0 Å². The molecule has 0 bridgehead atoms. The number of nitrogens with zero attached hydrogens (tertiary/aromatic N) is 5. The molecule has 1 aliphatic rings. The minimum atomic E-state index is -3.82. The quantitative estimate of drug-likeness (QED) is 0.452. The van der Waals surface area contributed by atoms with Crippen LogP contribution in [0, 0.1) is 0 Å². The molecular formula is C24H26N6O3S. The maximum Gasteiger partial charge on any atom is 0.269 e. The number of likely N-dealkylation sites (N-methyl/N-ethyl adjacent to an activating group) is 1. The molecule has 2 aromatic carbocycles. The molecule has 9 nitrogen and oxygen atoms in total. The maximum atomic E-state index is 13.2. The van der Waals surface area contributed by atoms with E-state index in [1.54, 1.807) is 24.4 Å². The van der Waals surface area contributed by atoms with Crippen LogP contribution in [0.5, 0.6) is 5.75 Å². The summed E-state index contributed by atoms with van der Waals surface area (Å²) in [6.07, 6.45) is 3.11. The third kappa shape index (κ3) is 4.29. The summed E-state index contributed by atoms with van der Waals surface area (Å²) in [5.41, 5.74) is 2.31. The average molecular weight is 479 g/mol. The SMILES string of the molecule is COc1ccc(S(=O)(=O)n2ccc3cnc(Nc4ccc(N5CCN(C)CC5)cc4)nc32)cc1. The summed E-state index contributed by atoms with van der Waals surface area (Å²) < 4.78 is 32.7. The zero-order chi connectivity index (χ0) is 23.7. The molecule has 0 aliphatic carbocycles. The predicted molar refractivity (Wildman–Crippen MR) is 133 cm³/mol. The Balaban J connectivity index is 1.38. The number of hydrogen-bond acceptors (Lipinski definition) is 8. The van der Waals surface area contributed by atoms with Crippen LogP contribution < -0.4 is 15.0 Å². The first kappa shape index (κ1) is 22.2. The van der Waals surface area contributed by atoms with Crippen molar-refractivity contribution in [1.29, 1.82) is 0 Å². The van der Waals surface area contributed by atoms with Gasteiger partial charge in [0.25, 0.3) is 10.0 Å². The first-order chi connectivity index (χ1) is 16.4. The van der Waals surface area contributed by atoms with E-state index in [1.807, 2.05) is 12.1 Å². The lowest BCUT2D eigenvalue weighted by molar-refractivity contribution is 0.313. The Bertz CT molecular complexity index is 1390. The van der Waals surface area contributed by atoms with Crippen LogP contribution in [-0.2, 0) is 10.0 Å². The second kappa shape index (κ2) is 8.96. The molecular weight excluding hydrogens is 452 g/mol. The van der Waals surface area contributed by atoms with Gasteiger partial charge in [-0.3, -0.25) is 0 Å². The molecule has 2 aromatic heterocycles. The van der Waals surface area contributed by atoms with Crippen molar-refractivity contribution < 1.29 is 13.2 Å². The zero-order valence-electron chi connectivity index (χ0n) is 19.0. The number of piperazine rings is 1. The summed E-state index contributed by atoms with van der Waals surface area (Å²) in [5, 5.41) is 3.82. The minimum Gasteiger partial charge on any atom is -0.497 e. The first-order valence-corrected chi connectivity index (χ1v) is 12.4. The fourth-order valence-electron chi connectivity index (χ4n) is 3.96. The maximum absolute atomic E-state index is 13.2. The summed E-state index contributed by atoms with van der Waals surface area (Å²) in [4.78, 5) is 13.7. The van der Waals surface area contributed by atoms with Gasteiger partial charge in [0.2, 0.25) is 5.95 Å². The highest BCUT2D eigenvalue weighted by atomic mass is 32.2. The first-order valence-electron chi connectivity index (χ1n) is 11.0. The van der Waals surface area contributed by atoms with Crippen molar-refractivity contribution in [1.82, 2.24) is 18.8 Å². The summed E-state index contributed by atoms with van der Waals surface area (Å²) in [6.45, 7) is 4.10. The Morgan fingerprint density at radius 3 is 2.32 bits per heavy atom. The van der Waals surface area contributed by atoms with E-state index in [9.17, 15) is 8.42 Å². The molecule has 176 valence electrons. The predicted octanol–water partition coefficient (Wildman–Crippen LogP) is 3.17. The van der Waals surface area contributed by atoms with Gasteiger partial charge in [0.1, 0.15) is 5.75 Å². The van der Waals surface area contributed by atoms with Gasteiger partial charge in [-0.1, -0.05) is 0 Å². The summed E-state index contributed by atoms with van der Waals surface area (Å²) >= 11 is 0. The van der Waals surface area contributed by atoms with Crippen LogP contribution in [0.1, 0.15) is 0 Å². The van der Waals surface area contributed by atoms with Crippen LogP contribution in [0.3, 0.4) is 0 Å². The Hall–Kier alpha value is -3.63. The molecule has 0 radical (unpaired) electrons. The van der Waals surface area contributed by atoms with Crippen LogP contribution in [-0.4, -0.2) is 67.6 Å². The third-order valence-corrected chi connectivity index (χ3v) is 7.68. The third-order valence-electron chi connectivity index (χ3n) is 6.00. The molecule has 0 amide bonds. The average Bonchev–Trinajstić information content (AvgIpc) is 3.29. The molecule has 0 saturated carbocycles. The number of benzene rings is 2. The highest BCUT2D eigenvalue weighted by molar-refractivity contribution is 7.90. The van der Waals surface area contributed by atoms with Gasteiger partial charge in [-0.25, -0.2) is 17.4 Å². The molecule has 4 aromatic rings. The standard InChI is InChI=1S/C24H26N6O3S/c1-28-13-15-29(16-14-28)20-5-3-19(4-6-20)26-24-25-17-18-11-12-30(23(18)27-24)34(31,32)22-9-7-21(33-2)8-10-22/h3-12,17H,13-16H2,1-2H3,(H,25,26,27). The van der Waals surface area contributed by atoms with E-state index in [-0.39, 0.29) is 4.90 Å². The summed E-state index contributed by atoms with van der Waals surface area (Å²) in [7, 11) is -0.150. The Morgan fingerprint density at radius 2 is 1.65 bits per heavy atom. The molecule has 5 rings (SSSR count). The lowest BCUT2D eigenvalue weighted by Crippen LogP contribution is -2.44. The van der Waals surface area contributed by atoms with Crippen molar-refractivity contribution in [3.8, 4) is 5.75 Å². The second-order valence-corrected chi connectivity index (χ2v) is 10.0. The van der Waals surface area contributed by atoms with Crippen LogP contribution in [0.4, 0.5) is 17.3 Å². The van der Waals surface area contributed by atoms with E-state index in [1.165, 1.54) is 35.1 Å². The van der Waals surface area contributed by atoms with Gasteiger partial charge in [-0.2, -0.15) is 4.98 Å². The Morgan fingerprint density at radius 1 is 0.941 bits per heavy atom. The molecule has 10 heteroatoms. The fraction of sp³-hybridized carbons (Fsp3) is 0.250. The lowest BCUT2D eigenvalue weighted by Gasteiger charge is -2.34. The zero-order valence-corrected chi connectivity index (χ0v) is 19.9. The van der Waals surface area contributed by atoms with Crippen LogP contribution in [0.25, 0.3) is 11.0 Å². The van der Waals surface area contributed by atoms with Gasteiger partial charge in [0, 0.05) is 55.3 Å².